The van der Waals surface area contributed by atoms with Gasteiger partial charge in [-0.1, -0.05) is 0 Å². The minimum atomic E-state index is -0.586. The molecule has 0 radical (unpaired) electrons. The number of aromatic nitrogens is 2. The summed E-state index contributed by atoms with van der Waals surface area (Å²) >= 11 is 1.29. The molecule has 0 aromatic carbocycles. The quantitative estimate of drug-likeness (QED) is 0.842. The summed E-state index contributed by atoms with van der Waals surface area (Å²) in [6.45, 7) is -0.354. The predicted molar refractivity (Wildman–Crippen MR) is 65.3 cm³/mol. The maximum absolute atomic E-state index is 11.5. The van der Waals surface area contributed by atoms with Gasteiger partial charge in [0.25, 0.3) is 5.91 Å². The van der Waals surface area contributed by atoms with E-state index in [1.54, 1.807) is 29.9 Å². The van der Waals surface area contributed by atoms with E-state index < -0.39 is 11.9 Å². The molecule has 6 nitrogen and oxygen atoms in total. The molecular weight excluding hydrogens is 254 g/mol. The van der Waals surface area contributed by atoms with Crippen molar-refractivity contribution in [3.8, 4) is 0 Å². The number of thiazole rings is 1. The highest BCUT2D eigenvalue weighted by molar-refractivity contribution is 7.13. The van der Waals surface area contributed by atoms with Gasteiger partial charge < -0.3 is 4.74 Å². The van der Waals surface area contributed by atoms with E-state index in [2.05, 4.69) is 15.3 Å². The molecule has 0 aliphatic carbocycles. The fourth-order valence-corrected chi connectivity index (χ4v) is 1.68. The Hall–Kier alpha value is -2.28. The van der Waals surface area contributed by atoms with Crippen molar-refractivity contribution in [2.45, 2.75) is 0 Å². The monoisotopic (exact) mass is 263 g/mol. The first-order valence-corrected chi connectivity index (χ1v) is 5.90. The lowest BCUT2D eigenvalue weighted by Gasteiger charge is -2.03. The van der Waals surface area contributed by atoms with Crippen LogP contribution in [0.5, 0.6) is 0 Å². The average Bonchev–Trinajstić information content (AvgIpc) is 2.90. The molecule has 2 heterocycles. The molecule has 1 amide bonds. The Labute approximate surface area is 107 Å². The van der Waals surface area contributed by atoms with Gasteiger partial charge in [-0.05, 0) is 12.1 Å². The molecule has 0 aliphatic rings. The summed E-state index contributed by atoms with van der Waals surface area (Å²) in [5.74, 6) is -1.01. The summed E-state index contributed by atoms with van der Waals surface area (Å²) < 4.78 is 4.82. The van der Waals surface area contributed by atoms with Crippen molar-refractivity contribution in [3.05, 3.63) is 41.7 Å². The molecule has 0 spiro atoms. The number of anilines is 1. The van der Waals surface area contributed by atoms with Crippen molar-refractivity contribution in [2.75, 3.05) is 11.9 Å². The number of carbonyl (C=O) groups is 2. The summed E-state index contributed by atoms with van der Waals surface area (Å²) in [4.78, 5) is 30.6. The third-order valence-electron chi connectivity index (χ3n) is 1.91. The highest BCUT2D eigenvalue weighted by atomic mass is 32.1. The largest absolute Gasteiger partial charge is 0.452 e. The maximum Gasteiger partial charge on any atom is 0.340 e. The Balaban J connectivity index is 1.81. The van der Waals surface area contributed by atoms with Crippen LogP contribution in [0.25, 0.3) is 0 Å². The van der Waals surface area contributed by atoms with Crippen LogP contribution >= 0.6 is 11.3 Å². The normalized spacial score (nSPS) is 9.78. The van der Waals surface area contributed by atoms with Crippen LogP contribution in [-0.4, -0.2) is 28.5 Å². The van der Waals surface area contributed by atoms with Crippen molar-refractivity contribution in [2.24, 2.45) is 0 Å². The first-order chi connectivity index (χ1) is 8.75. The standard InChI is InChI=1S/C11H9N3O3S/c15-9(14-11-13-4-5-18-11)7-17-10(16)8-2-1-3-12-6-8/h1-6H,7H2,(H,13,14,15). The zero-order valence-corrected chi connectivity index (χ0v) is 10.0. The summed E-state index contributed by atoms with van der Waals surface area (Å²) in [5.41, 5.74) is 0.305. The number of nitrogens with zero attached hydrogens (tertiary/aromatic N) is 2. The lowest BCUT2D eigenvalue weighted by atomic mass is 10.3. The molecule has 0 atom stereocenters. The van der Waals surface area contributed by atoms with Gasteiger partial charge in [0, 0.05) is 24.0 Å². The smallest absolute Gasteiger partial charge is 0.340 e. The Morgan fingerprint density at radius 3 is 2.94 bits per heavy atom. The lowest BCUT2D eigenvalue weighted by molar-refractivity contribution is -0.119. The molecule has 0 fully saturated rings. The van der Waals surface area contributed by atoms with E-state index in [-0.39, 0.29) is 6.61 Å². The molecule has 2 rings (SSSR count). The molecule has 2 aromatic heterocycles. The van der Waals surface area contributed by atoms with E-state index in [9.17, 15) is 9.59 Å². The van der Waals surface area contributed by atoms with Crippen LogP contribution in [0.3, 0.4) is 0 Å². The number of pyridine rings is 1. The summed E-state index contributed by atoms with van der Waals surface area (Å²) in [6.07, 6.45) is 4.49. The maximum atomic E-state index is 11.5. The Kier molecular flexibility index (Phi) is 3.98. The fraction of sp³-hybridized carbons (Fsp3) is 0.0909. The number of hydrogen-bond donors (Lipinski definition) is 1. The van der Waals surface area contributed by atoms with Gasteiger partial charge in [0.05, 0.1) is 5.56 Å². The van der Waals surface area contributed by atoms with Crippen LogP contribution in [-0.2, 0) is 9.53 Å². The number of hydrogen-bond acceptors (Lipinski definition) is 6. The summed E-state index contributed by atoms with van der Waals surface area (Å²) in [6, 6.07) is 3.18. The molecule has 0 saturated heterocycles. The van der Waals surface area contributed by atoms with Gasteiger partial charge in [0.15, 0.2) is 11.7 Å². The summed E-state index contributed by atoms with van der Waals surface area (Å²) in [7, 11) is 0. The van der Waals surface area contributed by atoms with Crippen molar-refractivity contribution in [1.82, 2.24) is 9.97 Å². The van der Waals surface area contributed by atoms with Gasteiger partial charge in [-0.3, -0.25) is 15.1 Å². The Morgan fingerprint density at radius 1 is 1.39 bits per heavy atom. The molecule has 0 unspecified atom stereocenters. The Bertz CT molecular complexity index is 528. The van der Waals surface area contributed by atoms with Crippen LogP contribution in [0.2, 0.25) is 0 Å². The number of carbonyl (C=O) groups excluding carboxylic acids is 2. The second-order valence-electron chi connectivity index (χ2n) is 3.20. The van der Waals surface area contributed by atoms with E-state index in [1.807, 2.05) is 0 Å². The predicted octanol–water partition coefficient (Wildman–Crippen LogP) is 1.33. The number of nitrogens with one attached hydrogen (secondary N) is 1. The van der Waals surface area contributed by atoms with Crippen LogP contribution in [0.1, 0.15) is 10.4 Å². The third kappa shape index (κ3) is 3.36. The van der Waals surface area contributed by atoms with Gasteiger partial charge in [-0.15, -0.1) is 11.3 Å². The van der Waals surface area contributed by atoms with Crippen LogP contribution in [0, 0.1) is 0 Å². The molecule has 0 bridgehead atoms. The fourth-order valence-electron chi connectivity index (χ4n) is 1.14. The van der Waals surface area contributed by atoms with E-state index in [4.69, 9.17) is 4.74 Å². The molecule has 92 valence electrons. The minimum absolute atomic E-state index is 0.305. The first-order valence-electron chi connectivity index (χ1n) is 5.02. The van der Waals surface area contributed by atoms with Crippen LogP contribution in [0.4, 0.5) is 5.13 Å². The van der Waals surface area contributed by atoms with Gasteiger partial charge in [-0.2, -0.15) is 0 Å². The van der Waals surface area contributed by atoms with Crippen LogP contribution < -0.4 is 5.32 Å². The van der Waals surface area contributed by atoms with Gasteiger partial charge in [-0.25, -0.2) is 9.78 Å². The highest BCUT2D eigenvalue weighted by Gasteiger charge is 2.10. The molecule has 2 aromatic rings. The van der Waals surface area contributed by atoms with Gasteiger partial charge in [0.2, 0.25) is 0 Å². The van der Waals surface area contributed by atoms with E-state index in [1.165, 1.54) is 17.5 Å². The number of ether oxygens (including phenoxy) is 1. The van der Waals surface area contributed by atoms with E-state index in [0.717, 1.165) is 0 Å². The summed E-state index contributed by atoms with van der Waals surface area (Å²) in [5, 5.41) is 4.71. The molecule has 0 aliphatic heterocycles. The topological polar surface area (TPSA) is 81.2 Å². The van der Waals surface area contributed by atoms with E-state index in [0.29, 0.717) is 10.7 Å². The van der Waals surface area contributed by atoms with Crippen molar-refractivity contribution in [3.63, 3.8) is 0 Å². The molecule has 18 heavy (non-hydrogen) atoms. The second kappa shape index (κ2) is 5.87. The number of esters is 1. The van der Waals surface area contributed by atoms with Gasteiger partial charge in [0.1, 0.15) is 0 Å². The van der Waals surface area contributed by atoms with E-state index >= 15 is 0 Å². The van der Waals surface area contributed by atoms with Crippen LogP contribution in [0.15, 0.2) is 36.1 Å². The number of rotatable bonds is 4. The van der Waals surface area contributed by atoms with Crippen molar-refractivity contribution < 1.29 is 14.3 Å². The molecular formula is C11H9N3O3S. The van der Waals surface area contributed by atoms with Gasteiger partial charge >= 0.3 is 5.97 Å². The van der Waals surface area contributed by atoms with Crippen molar-refractivity contribution >= 4 is 28.3 Å². The molecule has 1 N–H and O–H groups in total. The lowest BCUT2D eigenvalue weighted by Crippen LogP contribution is -2.20. The van der Waals surface area contributed by atoms with Crippen molar-refractivity contribution in [1.29, 1.82) is 0 Å². The number of amides is 1. The first kappa shape index (κ1) is 12.2. The average molecular weight is 263 g/mol. The second-order valence-corrected chi connectivity index (χ2v) is 4.10. The SMILES string of the molecule is O=C(COC(=O)c1cccnc1)Nc1nccs1. The zero-order chi connectivity index (χ0) is 12.8. The minimum Gasteiger partial charge on any atom is -0.452 e. The Morgan fingerprint density at radius 2 is 2.28 bits per heavy atom. The molecule has 7 heteroatoms. The molecule has 0 saturated carbocycles. The zero-order valence-electron chi connectivity index (χ0n) is 9.20. The third-order valence-corrected chi connectivity index (χ3v) is 2.60. The highest BCUT2D eigenvalue weighted by Crippen LogP contribution is 2.09.